The lowest BCUT2D eigenvalue weighted by Gasteiger charge is -2.12. The van der Waals surface area contributed by atoms with Gasteiger partial charge in [-0.3, -0.25) is 0 Å². The van der Waals surface area contributed by atoms with Gasteiger partial charge in [0.15, 0.2) is 0 Å². The number of halogens is 1. The molecule has 0 amide bonds. The van der Waals surface area contributed by atoms with Gasteiger partial charge in [0, 0.05) is 22.9 Å². The van der Waals surface area contributed by atoms with Crippen molar-refractivity contribution >= 4 is 15.9 Å². The van der Waals surface area contributed by atoms with Gasteiger partial charge >= 0.3 is 0 Å². The van der Waals surface area contributed by atoms with E-state index < -0.39 is 12.2 Å². The first-order valence-electron chi connectivity index (χ1n) is 7.94. The summed E-state index contributed by atoms with van der Waals surface area (Å²) in [6.45, 7) is -0.224. The summed E-state index contributed by atoms with van der Waals surface area (Å²) >= 11 is 3.30. The summed E-state index contributed by atoms with van der Waals surface area (Å²) in [4.78, 5) is 0. The molecule has 132 valence electrons. The van der Waals surface area contributed by atoms with E-state index in [0.29, 0.717) is 11.1 Å². The number of phenolic OH excluding ortho intramolecular Hbond substituents is 1. The Morgan fingerprint density at radius 2 is 1.80 bits per heavy atom. The minimum absolute atomic E-state index is 0.0231. The Kier molecular flexibility index (Phi) is 7.44. The molecule has 0 aliphatic heterocycles. The van der Waals surface area contributed by atoms with E-state index in [1.165, 1.54) is 6.07 Å². The minimum Gasteiger partial charge on any atom is -0.508 e. The first kappa shape index (κ1) is 19.4. The summed E-state index contributed by atoms with van der Waals surface area (Å²) in [6.07, 6.45) is 0.491. The highest BCUT2D eigenvalue weighted by Crippen LogP contribution is 2.29. The molecule has 2 rings (SSSR count). The molecule has 0 spiro atoms. The van der Waals surface area contributed by atoms with Crippen LogP contribution in [0.2, 0.25) is 0 Å². The number of hydrogen-bond donors (Lipinski definition) is 4. The molecule has 0 aromatic heterocycles. The van der Waals surface area contributed by atoms with E-state index in [0.717, 1.165) is 10.0 Å². The lowest BCUT2D eigenvalue weighted by molar-refractivity contribution is 0.172. The predicted octanol–water partition coefficient (Wildman–Crippen LogP) is 3.78. The molecule has 2 aromatic carbocycles. The molecule has 0 bridgehead atoms. The number of aliphatic hydroxyl groups is 3. The van der Waals surface area contributed by atoms with Crippen LogP contribution in [-0.2, 0) is 0 Å². The van der Waals surface area contributed by atoms with E-state index in [1.54, 1.807) is 18.2 Å². The number of benzene rings is 2. The predicted molar refractivity (Wildman–Crippen MR) is 100 cm³/mol. The third-order valence-electron chi connectivity index (χ3n) is 3.81. The van der Waals surface area contributed by atoms with Gasteiger partial charge in [-0.05, 0) is 35.4 Å². The van der Waals surface area contributed by atoms with Crippen LogP contribution in [0.15, 0.2) is 70.4 Å². The molecule has 4 nitrogen and oxygen atoms in total. The van der Waals surface area contributed by atoms with Crippen LogP contribution >= 0.6 is 15.9 Å². The SMILES string of the molecule is OCC(=C=CC[C@@H](O)c1cc(Br)ccc1O)C[C@@H](O)c1ccccc1. The average molecular weight is 405 g/mol. The van der Waals surface area contributed by atoms with Gasteiger partial charge in [0.05, 0.1) is 18.8 Å². The highest BCUT2D eigenvalue weighted by atomic mass is 79.9. The Hall–Kier alpha value is -1.88. The van der Waals surface area contributed by atoms with Crippen LogP contribution in [0.4, 0.5) is 0 Å². The second-order valence-electron chi connectivity index (χ2n) is 5.70. The normalized spacial score (nSPS) is 13.0. The zero-order valence-electron chi connectivity index (χ0n) is 13.6. The number of aromatic hydroxyl groups is 1. The van der Waals surface area contributed by atoms with Gasteiger partial charge in [0.1, 0.15) is 5.75 Å². The van der Waals surface area contributed by atoms with Gasteiger partial charge in [0.2, 0.25) is 0 Å². The summed E-state index contributed by atoms with van der Waals surface area (Å²) in [5.74, 6) is 0.0231. The van der Waals surface area contributed by atoms with Crippen molar-refractivity contribution in [3.8, 4) is 5.75 Å². The smallest absolute Gasteiger partial charge is 0.121 e. The number of rotatable bonds is 7. The van der Waals surface area contributed by atoms with Gasteiger partial charge in [-0.2, -0.15) is 0 Å². The molecule has 0 aliphatic rings. The fraction of sp³-hybridized carbons (Fsp3) is 0.250. The van der Waals surface area contributed by atoms with Crippen LogP contribution in [0.5, 0.6) is 5.75 Å². The summed E-state index contributed by atoms with van der Waals surface area (Å²) in [5.41, 5.74) is 4.67. The van der Waals surface area contributed by atoms with Crippen molar-refractivity contribution in [1.82, 2.24) is 0 Å². The molecule has 4 N–H and O–H groups in total. The molecule has 0 heterocycles. The highest BCUT2D eigenvalue weighted by Gasteiger charge is 2.12. The molecule has 25 heavy (non-hydrogen) atoms. The van der Waals surface area contributed by atoms with Crippen LogP contribution < -0.4 is 0 Å². The maximum absolute atomic E-state index is 10.2. The molecule has 0 saturated heterocycles. The Morgan fingerprint density at radius 1 is 1.08 bits per heavy atom. The molecule has 5 heteroatoms. The molecular weight excluding hydrogens is 384 g/mol. The van der Waals surface area contributed by atoms with Gasteiger partial charge in [-0.15, -0.1) is 5.73 Å². The molecule has 0 saturated carbocycles. The highest BCUT2D eigenvalue weighted by molar-refractivity contribution is 9.10. The topological polar surface area (TPSA) is 80.9 Å². The third kappa shape index (κ3) is 5.85. The first-order chi connectivity index (χ1) is 12.0. The first-order valence-corrected chi connectivity index (χ1v) is 8.73. The van der Waals surface area contributed by atoms with E-state index in [1.807, 2.05) is 30.3 Å². The van der Waals surface area contributed by atoms with E-state index in [-0.39, 0.29) is 25.2 Å². The van der Waals surface area contributed by atoms with Crippen LogP contribution in [-0.4, -0.2) is 27.0 Å². The van der Waals surface area contributed by atoms with Crippen LogP contribution in [0.25, 0.3) is 0 Å². The second-order valence-corrected chi connectivity index (χ2v) is 6.61. The summed E-state index contributed by atoms with van der Waals surface area (Å²) in [7, 11) is 0. The quantitative estimate of drug-likeness (QED) is 0.529. The van der Waals surface area contributed by atoms with Crippen molar-refractivity contribution in [2.45, 2.75) is 25.0 Å². The molecule has 2 aromatic rings. The zero-order chi connectivity index (χ0) is 18.2. The second kappa shape index (κ2) is 9.56. The van der Waals surface area contributed by atoms with Gasteiger partial charge < -0.3 is 20.4 Å². The Labute approximate surface area is 155 Å². The van der Waals surface area contributed by atoms with Gasteiger partial charge in [-0.25, -0.2) is 0 Å². The van der Waals surface area contributed by atoms with Crippen molar-refractivity contribution < 1.29 is 20.4 Å². The van der Waals surface area contributed by atoms with E-state index in [2.05, 4.69) is 21.7 Å². The van der Waals surface area contributed by atoms with Crippen molar-refractivity contribution in [3.05, 3.63) is 81.5 Å². The minimum atomic E-state index is -0.885. The van der Waals surface area contributed by atoms with Crippen LogP contribution in [0.3, 0.4) is 0 Å². The van der Waals surface area contributed by atoms with Gasteiger partial charge in [0.25, 0.3) is 0 Å². The Bertz CT molecular complexity index is 752. The molecule has 0 fully saturated rings. The standard InChI is InChI=1S/C20H21BrO4/c21-16-9-10-19(24)17(12-16)18(23)8-4-5-14(13-22)11-20(25)15-6-2-1-3-7-15/h1-4,6-7,9-10,12,18,20,22-25H,8,11,13H2/t5?,18-,20-/m1/s1. The monoisotopic (exact) mass is 404 g/mol. The number of hydrogen-bond acceptors (Lipinski definition) is 4. The molecular formula is C20H21BrO4. The van der Waals surface area contributed by atoms with Crippen LogP contribution in [0.1, 0.15) is 36.2 Å². The molecule has 2 atom stereocenters. The number of aliphatic hydroxyl groups excluding tert-OH is 3. The zero-order valence-corrected chi connectivity index (χ0v) is 15.2. The molecule has 0 radical (unpaired) electrons. The lowest BCUT2D eigenvalue weighted by Crippen LogP contribution is -2.01. The van der Waals surface area contributed by atoms with E-state index >= 15 is 0 Å². The maximum Gasteiger partial charge on any atom is 0.121 e. The van der Waals surface area contributed by atoms with Crippen molar-refractivity contribution in [2.24, 2.45) is 0 Å². The fourth-order valence-corrected chi connectivity index (χ4v) is 2.81. The largest absolute Gasteiger partial charge is 0.508 e. The lowest BCUT2D eigenvalue weighted by atomic mass is 10.0. The van der Waals surface area contributed by atoms with Crippen molar-refractivity contribution in [2.75, 3.05) is 6.61 Å². The number of phenols is 1. The van der Waals surface area contributed by atoms with Gasteiger partial charge in [-0.1, -0.05) is 46.3 Å². The maximum atomic E-state index is 10.2. The summed E-state index contributed by atoms with van der Waals surface area (Å²) < 4.78 is 0.765. The van der Waals surface area contributed by atoms with Crippen molar-refractivity contribution in [3.63, 3.8) is 0 Å². The molecule has 0 unspecified atom stereocenters. The average Bonchev–Trinajstić information content (AvgIpc) is 2.63. The summed E-state index contributed by atoms with van der Waals surface area (Å²) in [5, 5.41) is 39.7. The molecule has 0 aliphatic carbocycles. The third-order valence-corrected chi connectivity index (χ3v) is 4.30. The van der Waals surface area contributed by atoms with E-state index in [4.69, 9.17) is 0 Å². The fourth-order valence-electron chi connectivity index (χ4n) is 2.43. The summed E-state index contributed by atoms with van der Waals surface area (Å²) in [6, 6.07) is 14.1. The Balaban J connectivity index is 2.04. The van der Waals surface area contributed by atoms with Crippen molar-refractivity contribution in [1.29, 1.82) is 0 Å². The van der Waals surface area contributed by atoms with E-state index in [9.17, 15) is 20.4 Å². The Morgan fingerprint density at radius 3 is 2.48 bits per heavy atom. The van der Waals surface area contributed by atoms with Crippen LogP contribution in [0, 0.1) is 0 Å².